The number of amides is 1. The Hall–Kier alpha value is -1.81. The fraction of sp³-hybridized carbons (Fsp3) is 0.562. The Morgan fingerprint density at radius 2 is 2.08 bits per heavy atom. The molecule has 0 aromatic heterocycles. The number of methoxy groups -OCH3 is 1. The van der Waals surface area contributed by atoms with E-state index in [0.29, 0.717) is 24.9 Å². The van der Waals surface area contributed by atoms with Gasteiger partial charge < -0.3 is 9.64 Å². The molecule has 0 aliphatic carbocycles. The summed E-state index contributed by atoms with van der Waals surface area (Å²) in [5, 5.41) is 0. The predicted octanol–water partition coefficient (Wildman–Crippen LogP) is 2.40. The van der Waals surface area contributed by atoms with Gasteiger partial charge in [-0.25, -0.2) is 17.9 Å². The van der Waals surface area contributed by atoms with Crippen LogP contribution in [0.2, 0.25) is 0 Å². The van der Waals surface area contributed by atoms with Crippen LogP contribution in [0.1, 0.15) is 24.0 Å². The summed E-state index contributed by atoms with van der Waals surface area (Å²) in [5.41, 5.74) is -0.427. The summed E-state index contributed by atoms with van der Waals surface area (Å²) in [4.78, 5) is 13.4. The first-order valence-corrected chi connectivity index (χ1v) is 9.88. The topological polar surface area (TPSA) is 75.7 Å². The molecule has 1 aliphatic heterocycles. The molecule has 1 aliphatic rings. The van der Waals surface area contributed by atoms with Gasteiger partial charge in [0, 0.05) is 12.6 Å². The van der Waals surface area contributed by atoms with Crippen LogP contribution >= 0.6 is 0 Å². The van der Waals surface area contributed by atoms with Gasteiger partial charge >= 0.3 is 12.3 Å². The van der Waals surface area contributed by atoms with Crippen LogP contribution in [0.3, 0.4) is 0 Å². The largest absolute Gasteiger partial charge is 0.453 e. The molecule has 10 heteroatoms. The minimum Gasteiger partial charge on any atom is -0.453 e. The minimum absolute atomic E-state index is 0.0756. The van der Waals surface area contributed by atoms with Gasteiger partial charge in [-0.1, -0.05) is 18.2 Å². The second kappa shape index (κ2) is 7.83. The van der Waals surface area contributed by atoms with Gasteiger partial charge in [0.05, 0.1) is 25.0 Å². The van der Waals surface area contributed by atoms with Crippen LogP contribution in [0.4, 0.5) is 18.0 Å². The molecule has 6 nitrogen and oxygen atoms in total. The van der Waals surface area contributed by atoms with Crippen LogP contribution in [-0.4, -0.2) is 51.4 Å². The fourth-order valence-corrected chi connectivity index (χ4v) is 4.01. The zero-order valence-corrected chi connectivity index (χ0v) is 15.2. The summed E-state index contributed by atoms with van der Waals surface area (Å²) in [6.07, 6.45) is -3.00. The minimum atomic E-state index is -4.48. The van der Waals surface area contributed by atoms with Gasteiger partial charge in [0.1, 0.15) is 0 Å². The number of nitrogens with zero attached hydrogens (tertiary/aromatic N) is 1. The van der Waals surface area contributed by atoms with E-state index in [1.54, 1.807) is 0 Å². The Balaban J connectivity index is 2.33. The maximum atomic E-state index is 12.9. The molecule has 0 saturated carbocycles. The summed E-state index contributed by atoms with van der Waals surface area (Å²) in [6.45, 7) is 0.345. The summed E-state index contributed by atoms with van der Waals surface area (Å²) < 4.78 is 69.3. The molecule has 2 rings (SSSR count). The standard InChI is InChI=1S/C16H21F3N2O4S/c1-25-15(22)21-8-4-7-13(20-26(2,23)24)14(21)10-11-5-3-6-12(9-11)16(17,18)19/h3,5-6,9,13-14,20H,4,7-8,10H2,1-2H3/t13-,14-/m1/s1. The van der Waals surface area contributed by atoms with Crippen LogP contribution in [0, 0.1) is 0 Å². The van der Waals surface area contributed by atoms with Gasteiger partial charge in [0.2, 0.25) is 10.0 Å². The van der Waals surface area contributed by atoms with Crippen molar-refractivity contribution in [1.82, 2.24) is 9.62 Å². The number of halogens is 3. The van der Waals surface area contributed by atoms with Gasteiger partial charge in [0.25, 0.3) is 0 Å². The molecule has 146 valence electrons. The van der Waals surface area contributed by atoms with Crippen molar-refractivity contribution in [1.29, 1.82) is 0 Å². The van der Waals surface area contributed by atoms with Gasteiger partial charge in [0.15, 0.2) is 0 Å². The predicted molar refractivity (Wildman–Crippen MR) is 89.0 cm³/mol. The van der Waals surface area contributed by atoms with Gasteiger partial charge in [-0.2, -0.15) is 13.2 Å². The zero-order valence-electron chi connectivity index (χ0n) is 14.4. The molecule has 2 atom stereocenters. The van der Waals surface area contributed by atoms with Gasteiger partial charge in [-0.3, -0.25) is 0 Å². The summed E-state index contributed by atoms with van der Waals surface area (Å²) in [7, 11) is -2.34. The molecule has 1 fully saturated rings. The third-order valence-corrected chi connectivity index (χ3v) is 4.98. The number of benzene rings is 1. The van der Waals surface area contributed by atoms with Crippen molar-refractivity contribution in [3.05, 3.63) is 35.4 Å². The lowest BCUT2D eigenvalue weighted by Crippen LogP contribution is -2.57. The summed E-state index contributed by atoms with van der Waals surface area (Å²) in [5.74, 6) is 0. The van der Waals surface area contributed by atoms with Crippen molar-refractivity contribution in [2.24, 2.45) is 0 Å². The highest BCUT2D eigenvalue weighted by Crippen LogP contribution is 2.30. The number of hydrogen-bond acceptors (Lipinski definition) is 4. The molecular weight excluding hydrogens is 373 g/mol. The molecule has 1 aromatic rings. The van der Waals surface area contributed by atoms with E-state index in [-0.39, 0.29) is 6.42 Å². The Bertz CT molecular complexity index is 752. The summed E-state index contributed by atoms with van der Waals surface area (Å²) >= 11 is 0. The lowest BCUT2D eigenvalue weighted by Gasteiger charge is -2.40. The van der Waals surface area contributed by atoms with Gasteiger partial charge in [-0.05, 0) is 30.9 Å². The average molecular weight is 394 g/mol. The van der Waals surface area contributed by atoms with Crippen molar-refractivity contribution in [3.8, 4) is 0 Å². The third kappa shape index (κ3) is 5.34. The molecule has 0 spiro atoms. The molecule has 0 radical (unpaired) electrons. The van der Waals surface area contributed by atoms with Crippen molar-refractivity contribution < 1.29 is 31.1 Å². The highest BCUT2D eigenvalue weighted by molar-refractivity contribution is 7.88. The van der Waals surface area contributed by atoms with E-state index in [0.717, 1.165) is 18.4 Å². The Morgan fingerprint density at radius 3 is 2.65 bits per heavy atom. The fourth-order valence-electron chi connectivity index (χ4n) is 3.18. The quantitative estimate of drug-likeness (QED) is 0.851. The lowest BCUT2D eigenvalue weighted by atomic mass is 9.91. The number of alkyl halides is 3. The maximum Gasteiger partial charge on any atom is 0.416 e. The van der Waals surface area contributed by atoms with E-state index in [1.165, 1.54) is 24.1 Å². The lowest BCUT2D eigenvalue weighted by molar-refractivity contribution is -0.137. The highest BCUT2D eigenvalue weighted by atomic mass is 32.2. The molecule has 0 bridgehead atoms. The number of nitrogens with one attached hydrogen (secondary N) is 1. The maximum absolute atomic E-state index is 12.9. The van der Waals surface area contributed by atoms with Crippen molar-refractivity contribution in [2.45, 2.75) is 37.5 Å². The number of carbonyl (C=O) groups excluding carboxylic acids is 1. The smallest absolute Gasteiger partial charge is 0.416 e. The van der Waals surface area contributed by atoms with Crippen LogP contribution in [0.5, 0.6) is 0 Å². The van der Waals surface area contributed by atoms with Gasteiger partial charge in [-0.15, -0.1) is 0 Å². The Labute approximate surface area is 150 Å². The number of likely N-dealkylation sites (tertiary alicyclic amines) is 1. The number of rotatable bonds is 4. The van der Waals surface area contributed by atoms with Crippen LogP contribution < -0.4 is 4.72 Å². The molecule has 26 heavy (non-hydrogen) atoms. The first-order chi connectivity index (χ1) is 12.0. The number of sulfonamides is 1. The average Bonchev–Trinajstić information content (AvgIpc) is 2.54. The van der Waals surface area contributed by atoms with Crippen LogP contribution in [-0.2, 0) is 27.4 Å². The van der Waals surface area contributed by atoms with E-state index >= 15 is 0 Å². The zero-order chi connectivity index (χ0) is 19.5. The number of carbonyl (C=O) groups is 1. The SMILES string of the molecule is COC(=O)N1CCC[C@@H](NS(C)(=O)=O)[C@H]1Cc1cccc(C(F)(F)F)c1. The Kier molecular flexibility index (Phi) is 6.17. The second-order valence-electron chi connectivity index (χ2n) is 6.27. The molecule has 1 N–H and O–H groups in total. The molecule has 1 aromatic carbocycles. The van der Waals surface area contributed by atoms with Crippen molar-refractivity contribution >= 4 is 16.1 Å². The third-order valence-electron chi connectivity index (χ3n) is 4.25. The summed E-state index contributed by atoms with van der Waals surface area (Å²) in [6, 6.07) is 3.55. The first-order valence-electron chi connectivity index (χ1n) is 7.99. The normalized spacial score (nSPS) is 21.5. The van der Waals surface area contributed by atoms with E-state index in [2.05, 4.69) is 4.72 Å². The Morgan fingerprint density at radius 1 is 1.38 bits per heavy atom. The number of piperidine rings is 1. The molecule has 1 heterocycles. The second-order valence-corrected chi connectivity index (χ2v) is 8.05. The van der Waals surface area contributed by atoms with E-state index in [1.807, 2.05) is 0 Å². The van der Waals surface area contributed by atoms with Crippen LogP contribution in [0.25, 0.3) is 0 Å². The van der Waals surface area contributed by atoms with Crippen LogP contribution in [0.15, 0.2) is 24.3 Å². The van der Waals surface area contributed by atoms with E-state index < -0.39 is 39.9 Å². The van der Waals surface area contributed by atoms with E-state index in [9.17, 15) is 26.4 Å². The molecule has 1 saturated heterocycles. The molecular formula is C16H21F3N2O4S. The van der Waals surface area contributed by atoms with Crippen molar-refractivity contribution in [3.63, 3.8) is 0 Å². The molecule has 1 amide bonds. The monoisotopic (exact) mass is 394 g/mol. The first kappa shape index (κ1) is 20.5. The number of hydrogen-bond donors (Lipinski definition) is 1. The van der Waals surface area contributed by atoms with Crippen molar-refractivity contribution in [2.75, 3.05) is 19.9 Å². The number of ether oxygens (including phenoxy) is 1. The molecule has 0 unspecified atom stereocenters. The van der Waals surface area contributed by atoms with E-state index in [4.69, 9.17) is 4.74 Å². The highest BCUT2D eigenvalue weighted by Gasteiger charge is 2.37.